The average molecular weight is 532 g/mol. The van der Waals surface area contributed by atoms with Crippen molar-refractivity contribution < 1.29 is 27.6 Å². The topological polar surface area (TPSA) is 131 Å². The van der Waals surface area contributed by atoms with Gasteiger partial charge in [0, 0.05) is 42.6 Å². The number of alkyl halides is 3. The fourth-order valence-corrected chi connectivity index (χ4v) is 5.44. The highest BCUT2D eigenvalue weighted by atomic mass is 19.4. The van der Waals surface area contributed by atoms with E-state index in [0.29, 0.717) is 16.5 Å². The number of likely N-dealkylation sites (tertiary alicyclic amines) is 1. The van der Waals surface area contributed by atoms with Gasteiger partial charge in [-0.25, -0.2) is 0 Å². The van der Waals surface area contributed by atoms with Crippen LogP contribution < -0.4 is 10.6 Å². The molecule has 0 aromatic carbocycles. The Morgan fingerprint density at radius 1 is 1.26 bits per heavy atom. The van der Waals surface area contributed by atoms with E-state index >= 15 is 0 Å². The zero-order chi connectivity index (χ0) is 28.0. The minimum atomic E-state index is -5.17. The Balaban J connectivity index is 1.61. The maximum absolute atomic E-state index is 13.6. The smallest absolute Gasteiger partial charge is 0.335 e. The van der Waals surface area contributed by atoms with Crippen molar-refractivity contribution in [2.75, 3.05) is 27.2 Å². The summed E-state index contributed by atoms with van der Waals surface area (Å²) in [5, 5.41) is 15.0. The molecule has 2 aliphatic rings. The van der Waals surface area contributed by atoms with Gasteiger partial charge in [-0.1, -0.05) is 13.8 Å². The molecule has 13 heteroatoms. The van der Waals surface area contributed by atoms with E-state index in [2.05, 4.69) is 15.3 Å². The summed E-state index contributed by atoms with van der Waals surface area (Å²) in [5.41, 5.74) is 0.582. The fraction of sp³-hybridized carbons (Fsp3) is 0.520. The van der Waals surface area contributed by atoms with Crippen LogP contribution >= 0.6 is 0 Å². The summed E-state index contributed by atoms with van der Waals surface area (Å²) in [6, 6.07) is 1.85. The van der Waals surface area contributed by atoms with Gasteiger partial charge < -0.3 is 20.4 Å². The van der Waals surface area contributed by atoms with E-state index in [1.54, 1.807) is 43.9 Å². The molecule has 0 radical (unpaired) electrons. The first-order chi connectivity index (χ1) is 17.8. The number of pyridine rings is 2. The van der Waals surface area contributed by atoms with E-state index in [1.165, 1.54) is 16.0 Å². The Labute approximate surface area is 217 Å². The first-order valence-electron chi connectivity index (χ1n) is 12.0. The lowest BCUT2D eigenvalue weighted by Gasteiger charge is -2.34. The Morgan fingerprint density at radius 2 is 1.97 bits per heavy atom. The molecule has 5 atom stereocenters. The lowest BCUT2D eigenvalue weighted by atomic mass is 9.98. The van der Waals surface area contributed by atoms with Gasteiger partial charge in [-0.3, -0.25) is 24.4 Å². The highest BCUT2D eigenvalue weighted by molar-refractivity contribution is 5.95. The van der Waals surface area contributed by atoms with Crippen molar-refractivity contribution in [1.82, 2.24) is 30.4 Å². The third-order valence-electron chi connectivity index (χ3n) is 7.44. The highest BCUT2D eigenvalue weighted by Crippen LogP contribution is 2.65. The molecular formula is C25H28F3N7O3. The predicted molar refractivity (Wildman–Crippen MR) is 129 cm³/mol. The number of hydrogen-bond donors (Lipinski definition) is 2. The SMILES string of the molecule is CN(C)CC(NC(=O)C(F)(F)F)C(=O)N1C[C@H]2[C@@H]([C@H]1C(=O)NC(C#N)c1cncc3cccnc13)C2(C)C. The highest BCUT2D eigenvalue weighted by Gasteiger charge is 2.69. The van der Waals surface area contributed by atoms with Crippen LogP contribution in [0.15, 0.2) is 30.7 Å². The fourth-order valence-electron chi connectivity index (χ4n) is 5.44. The summed E-state index contributed by atoms with van der Waals surface area (Å²) in [6.45, 7) is 3.86. The van der Waals surface area contributed by atoms with Crippen LogP contribution in [0.3, 0.4) is 0 Å². The third-order valence-corrected chi connectivity index (χ3v) is 7.44. The maximum Gasteiger partial charge on any atom is 0.471 e. The number of halogens is 3. The second-order valence-corrected chi connectivity index (χ2v) is 10.5. The van der Waals surface area contributed by atoms with Crippen LogP contribution in [0.25, 0.3) is 10.9 Å². The standard InChI is InChI=1S/C25H28F3N7O3/c1-24(2)15-11-35(22(37)17(12-34(3)4)33-23(38)25(26,27)28)20(18(15)24)21(36)32-16(8-29)14-10-30-9-13-6-5-7-31-19(13)14/h5-7,9-10,15-18,20H,11-12H2,1-4H3,(H,32,36)(H,33,38)/t15-,16?,17?,18-,20-/m0/s1. The molecule has 0 bridgehead atoms. The number of likely N-dealkylation sites (N-methyl/N-ethyl adjacent to an activating group) is 1. The number of aromatic nitrogens is 2. The molecule has 2 aromatic rings. The summed E-state index contributed by atoms with van der Waals surface area (Å²) < 4.78 is 38.9. The molecule has 3 amide bonds. The maximum atomic E-state index is 13.6. The molecule has 1 saturated heterocycles. The van der Waals surface area contributed by atoms with Crippen LogP contribution in [0.5, 0.6) is 0 Å². The molecule has 2 fully saturated rings. The van der Waals surface area contributed by atoms with Gasteiger partial charge >= 0.3 is 12.1 Å². The van der Waals surface area contributed by atoms with E-state index in [0.717, 1.165) is 0 Å². The van der Waals surface area contributed by atoms with Crippen molar-refractivity contribution in [3.8, 4) is 6.07 Å². The van der Waals surface area contributed by atoms with Crippen molar-refractivity contribution in [2.24, 2.45) is 17.3 Å². The van der Waals surface area contributed by atoms with E-state index in [-0.39, 0.29) is 30.3 Å². The molecule has 38 heavy (non-hydrogen) atoms. The van der Waals surface area contributed by atoms with Crippen molar-refractivity contribution in [1.29, 1.82) is 5.26 Å². The lowest BCUT2D eigenvalue weighted by molar-refractivity contribution is -0.175. The number of carbonyl (C=O) groups is 3. The van der Waals surface area contributed by atoms with Crippen molar-refractivity contribution in [3.05, 3.63) is 36.3 Å². The van der Waals surface area contributed by atoms with Crippen molar-refractivity contribution in [2.45, 2.75) is 38.1 Å². The Morgan fingerprint density at radius 3 is 2.61 bits per heavy atom. The number of amides is 3. The van der Waals surface area contributed by atoms with Crippen molar-refractivity contribution >= 4 is 28.6 Å². The molecule has 2 N–H and O–H groups in total. The molecule has 1 aliphatic carbocycles. The summed E-state index contributed by atoms with van der Waals surface area (Å²) in [5.74, 6) is -3.94. The Hall–Kier alpha value is -3.79. The summed E-state index contributed by atoms with van der Waals surface area (Å²) in [6.07, 6.45) is -0.601. The lowest BCUT2D eigenvalue weighted by Crippen LogP contribution is -2.59. The second kappa shape index (κ2) is 9.83. The van der Waals surface area contributed by atoms with Crippen LogP contribution in [-0.2, 0) is 14.4 Å². The van der Waals surface area contributed by atoms with Crippen molar-refractivity contribution in [3.63, 3.8) is 0 Å². The van der Waals surface area contributed by atoms with Gasteiger partial charge in [-0.15, -0.1) is 0 Å². The Kier molecular flexibility index (Phi) is 7.05. The third kappa shape index (κ3) is 5.00. The van der Waals surface area contributed by atoms with Gasteiger partial charge in [-0.2, -0.15) is 18.4 Å². The number of nitriles is 1. The molecule has 0 spiro atoms. The molecule has 3 heterocycles. The van der Waals surface area contributed by atoms with E-state index in [9.17, 15) is 32.8 Å². The molecule has 1 aliphatic heterocycles. The van der Waals surface area contributed by atoms with Gasteiger partial charge in [0.15, 0.2) is 0 Å². The van der Waals surface area contributed by atoms with E-state index < -0.39 is 42.0 Å². The minimum absolute atomic E-state index is 0.0538. The van der Waals surface area contributed by atoms with Crippen LogP contribution in [0, 0.1) is 28.6 Å². The zero-order valence-electron chi connectivity index (χ0n) is 21.3. The van der Waals surface area contributed by atoms with Gasteiger partial charge in [0.25, 0.3) is 0 Å². The molecular weight excluding hydrogens is 503 g/mol. The minimum Gasteiger partial charge on any atom is -0.335 e. The average Bonchev–Trinajstić information content (AvgIpc) is 3.17. The first kappa shape index (κ1) is 27.3. The van der Waals surface area contributed by atoms with E-state index in [1.807, 2.05) is 19.9 Å². The largest absolute Gasteiger partial charge is 0.471 e. The first-order valence-corrected chi connectivity index (χ1v) is 12.0. The molecule has 10 nitrogen and oxygen atoms in total. The predicted octanol–water partition coefficient (Wildman–Crippen LogP) is 1.40. The number of rotatable bonds is 7. The van der Waals surface area contributed by atoms with Gasteiger partial charge in [0.1, 0.15) is 18.1 Å². The number of carbonyl (C=O) groups excluding carboxylic acids is 3. The van der Waals surface area contributed by atoms with Gasteiger partial charge in [0.05, 0.1) is 11.6 Å². The molecule has 1 saturated carbocycles. The molecule has 202 valence electrons. The second-order valence-electron chi connectivity index (χ2n) is 10.5. The summed E-state index contributed by atoms with van der Waals surface area (Å²) in [7, 11) is 3.11. The molecule has 4 rings (SSSR count). The Bertz CT molecular complexity index is 1300. The number of nitrogens with zero attached hydrogens (tertiary/aromatic N) is 5. The zero-order valence-corrected chi connectivity index (χ0v) is 21.3. The number of piperidine rings is 1. The molecule has 2 unspecified atom stereocenters. The van der Waals surface area contributed by atoms with Crippen LogP contribution in [0.4, 0.5) is 13.2 Å². The van der Waals surface area contributed by atoms with Crippen LogP contribution in [0.1, 0.15) is 25.5 Å². The number of nitrogens with one attached hydrogen (secondary N) is 2. The summed E-state index contributed by atoms with van der Waals surface area (Å²) in [4.78, 5) is 49.9. The normalized spacial score (nSPS) is 23.3. The number of hydrogen-bond acceptors (Lipinski definition) is 7. The van der Waals surface area contributed by atoms with E-state index in [4.69, 9.17) is 0 Å². The van der Waals surface area contributed by atoms with Crippen LogP contribution in [-0.4, -0.2) is 82.9 Å². The van der Waals surface area contributed by atoms with Gasteiger partial charge in [0.2, 0.25) is 11.8 Å². The quantitative estimate of drug-likeness (QED) is 0.552. The number of fused-ring (bicyclic) bond motifs is 2. The van der Waals surface area contributed by atoms with Crippen LogP contribution in [0.2, 0.25) is 0 Å². The summed E-state index contributed by atoms with van der Waals surface area (Å²) >= 11 is 0. The van der Waals surface area contributed by atoms with Gasteiger partial charge in [-0.05, 0) is 43.5 Å². The molecule has 2 aromatic heterocycles. The monoisotopic (exact) mass is 531 g/mol.